The van der Waals surface area contributed by atoms with Crippen LogP contribution in [0.4, 0.5) is 16.2 Å². The Morgan fingerprint density at radius 2 is 1.68 bits per heavy atom. The van der Waals surface area contributed by atoms with Gasteiger partial charge in [-0.25, -0.2) is 4.79 Å². The van der Waals surface area contributed by atoms with Crippen LogP contribution in [0.15, 0.2) is 59.1 Å². The highest BCUT2D eigenvalue weighted by Gasteiger charge is 2.01. The van der Waals surface area contributed by atoms with E-state index in [0.29, 0.717) is 11.4 Å². The number of halogens is 1. The summed E-state index contributed by atoms with van der Waals surface area (Å²) in [4.78, 5) is 22.7. The van der Waals surface area contributed by atoms with Crippen LogP contribution < -0.4 is 16.4 Å². The lowest BCUT2D eigenvalue weighted by atomic mass is 10.2. The summed E-state index contributed by atoms with van der Waals surface area (Å²) in [6, 6.07) is 13.7. The van der Waals surface area contributed by atoms with Crippen molar-refractivity contribution in [2.45, 2.75) is 0 Å². The molecule has 0 aliphatic carbocycles. The summed E-state index contributed by atoms with van der Waals surface area (Å²) in [7, 11) is 0. The summed E-state index contributed by atoms with van der Waals surface area (Å²) >= 11 is 3.41. The molecular formula is C16H14BrN3O2. The molecule has 0 spiro atoms. The van der Waals surface area contributed by atoms with Crippen LogP contribution in [0.25, 0.3) is 6.08 Å². The Morgan fingerprint density at radius 1 is 1.00 bits per heavy atom. The molecule has 112 valence electrons. The van der Waals surface area contributed by atoms with E-state index in [-0.39, 0.29) is 5.91 Å². The van der Waals surface area contributed by atoms with E-state index in [4.69, 9.17) is 5.73 Å². The van der Waals surface area contributed by atoms with Crippen LogP contribution in [0.3, 0.4) is 0 Å². The zero-order chi connectivity index (χ0) is 15.9. The maximum absolute atomic E-state index is 11.9. The molecule has 4 N–H and O–H groups in total. The van der Waals surface area contributed by atoms with Gasteiger partial charge in [-0.2, -0.15) is 0 Å². The van der Waals surface area contributed by atoms with Crippen LogP contribution in [0.2, 0.25) is 0 Å². The summed E-state index contributed by atoms with van der Waals surface area (Å²) < 4.78 is 0.909. The number of benzene rings is 2. The number of nitrogens with one attached hydrogen (secondary N) is 2. The van der Waals surface area contributed by atoms with E-state index in [1.807, 2.05) is 24.3 Å². The van der Waals surface area contributed by atoms with Gasteiger partial charge in [0.15, 0.2) is 0 Å². The smallest absolute Gasteiger partial charge is 0.316 e. The normalized spacial score (nSPS) is 10.4. The lowest BCUT2D eigenvalue weighted by Gasteiger charge is -2.06. The van der Waals surface area contributed by atoms with Gasteiger partial charge in [0.1, 0.15) is 0 Å². The molecule has 0 fully saturated rings. The third-order valence-corrected chi connectivity index (χ3v) is 3.44. The lowest BCUT2D eigenvalue weighted by Crippen LogP contribution is -2.19. The summed E-state index contributed by atoms with van der Waals surface area (Å²) in [5.41, 5.74) is 7.03. The first-order valence-corrected chi connectivity index (χ1v) is 7.24. The van der Waals surface area contributed by atoms with Crippen molar-refractivity contribution in [3.05, 3.63) is 64.6 Å². The Labute approximate surface area is 136 Å². The number of urea groups is 1. The fourth-order valence-electron chi connectivity index (χ4n) is 1.78. The lowest BCUT2D eigenvalue weighted by molar-refractivity contribution is -0.111. The number of carbonyl (C=O) groups is 2. The number of amides is 3. The Bertz CT molecular complexity index is 729. The van der Waals surface area contributed by atoms with Gasteiger partial charge in [-0.3, -0.25) is 4.79 Å². The minimum Gasteiger partial charge on any atom is -0.351 e. The highest BCUT2D eigenvalue weighted by Crippen LogP contribution is 2.18. The first-order chi connectivity index (χ1) is 10.5. The highest BCUT2D eigenvalue weighted by atomic mass is 79.9. The zero-order valence-corrected chi connectivity index (χ0v) is 13.1. The molecule has 0 unspecified atom stereocenters. The van der Waals surface area contributed by atoms with E-state index in [1.54, 1.807) is 30.3 Å². The Morgan fingerprint density at radius 3 is 2.36 bits per heavy atom. The van der Waals surface area contributed by atoms with Crippen LogP contribution in [0, 0.1) is 0 Å². The molecule has 0 aromatic heterocycles. The van der Waals surface area contributed by atoms with Crippen molar-refractivity contribution in [3.8, 4) is 0 Å². The number of nitrogens with two attached hydrogens (primary N) is 1. The molecule has 0 heterocycles. The summed E-state index contributed by atoms with van der Waals surface area (Å²) in [6.45, 7) is 0. The molecule has 3 amide bonds. The molecule has 5 nitrogen and oxygen atoms in total. The molecule has 0 saturated carbocycles. The van der Waals surface area contributed by atoms with Crippen molar-refractivity contribution in [1.29, 1.82) is 0 Å². The molecule has 0 radical (unpaired) electrons. The first kappa shape index (κ1) is 15.8. The molecule has 2 aromatic carbocycles. The number of hydrogen-bond acceptors (Lipinski definition) is 2. The quantitative estimate of drug-likeness (QED) is 0.728. The van der Waals surface area contributed by atoms with E-state index in [9.17, 15) is 9.59 Å². The molecular weight excluding hydrogens is 346 g/mol. The second-order valence-electron chi connectivity index (χ2n) is 4.41. The Kier molecular flexibility index (Phi) is 5.32. The largest absolute Gasteiger partial charge is 0.351 e. The molecule has 2 rings (SSSR count). The van der Waals surface area contributed by atoms with Gasteiger partial charge < -0.3 is 16.4 Å². The fraction of sp³-hybridized carbons (Fsp3) is 0. The average Bonchev–Trinajstić information content (AvgIpc) is 2.46. The van der Waals surface area contributed by atoms with E-state index < -0.39 is 6.03 Å². The fourth-order valence-corrected chi connectivity index (χ4v) is 2.19. The van der Waals surface area contributed by atoms with Crippen LogP contribution >= 0.6 is 15.9 Å². The number of rotatable bonds is 4. The van der Waals surface area contributed by atoms with Crippen molar-refractivity contribution in [2.24, 2.45) is 5.73 Å². The first-order valence-electron chi connectivity index (χ1n) is 6.45. The number of carbonyl (C=O) groups excluding carboxylic acids is 2. The van der Waals surface area contributed by atoms with Crippen molar-refractivity contribution in [3.63, 3.8) is 0 Å². The van der Waals surface area contributed by atoms with Gasteiger partial charge in [-0.1, -0.05) is 40.2 Å². The average molecular weight is 360 g/mol. The Hall–Kier alpha value is -2.60. The summed E-state index contributed by atoms with van der Waals surface area (Å²) in [5.74, 6) is -0.271. The number of primary amides is 1. The Balaban J connectivity index is 2.03. The van der Waals surface area contributed by atoms with Crippen molar-refractivity contribution in [1.82, 2.24) is 0 Å². The van der Waals surface area contributed by atoms with E-state index in [0.717, 1.165) is 10.0 Å². The van der Waals surface area contributed by atoms with Gasteiger partial charge in [0.05, 0.1) is 0 Å². The zero-order valence-electron chi connectivity index (χ0n) is 11.5. The molecule has 0 saturated heterocycles. The third kappa shape index (κ3) is 4.75. The predicted octanol–water partition coefficient (Wildman–Crippen LogP) is 3.59. The van der Waals surface area contributed by atoms with Crippen LogP contribution in [0.1, 0.15) is 5.56 Å². The van der Waals surface area contributed by atoms with Crippen LogP contribution in [0.5, 0.6) is 0 Å². The maximum Gasteiger partial charge on any atom is 0.316 e. The summed E-state index contributed by atoms with van der Waals surface area (Å²) in [5, 5.41) is 5.16. The van der Waals surface area contributed by atoms with Gasteiger partial charge in [0.25, 0.3) is 0 Å². The standard InChI is InChI=1S/C16H14BrN3O2/c17-14-7-2-1-4-11(14)8-9-15(21)19-12-5-3-6-13(10-12)20-16(18)22/h1-10H,(H,19,21)(H3,18,20,22)/b9-8+. The van der Waals surface area contributed by atoms with Gasteiger partial charge in [-0.05, 0) is 35.9 Å². The summed E-state index contributed by atoms with van der Waals surface area (Å²) in [6.07, 6.45) is 3.15. The topological polar surface area (TPSA) is 84.2 Å². The highest BCUT2D eigenvalue weighted by molar-refractivity contribution is 9.10. The monoisotopic (exact) mass is 359 g/mol. The van der Waals surface area contributed by atoms with Gasteiger partial charge in [0.2, 0.25) is 5.91 Å². The minimum atomic E-state index is -0.655. The SMILES string of the molecule is NC(=O)Nc1cccc(NC(=O)/C=C/c2ccccc2Br)c1. The molecule has 0 bridgehead atoms. The molecule has 0 atom stereocenters. The molecule has 0 aliphatic heterocycles. The van der Waals surface area contributed by atoms with Gasteiger partial charge in [-0.15, -0.1) is 0 Å². The van der Waals surface area contributed by atoms with Crippen molar-refractivity contribution >= 4 is 45.3 Å². The molecule has 0 aliphatic rings. The second kappa shape index (κ2) is 7.42. The van der Waals surface area contributed by atoms with E-state index >= 15 is 0 Å². The maximum atomic E-state index is 11.9. The van der Waals surface area contributed by atoms with Crippen molar-refractivity contribution in [2.75, 3.05) is 10.6 Å². The molecule has 6 heteroatoms. The van der Waals surface area contributed by atoms with Crippen molar-refractivity contribution < 1.29 is 9.59 Å². The predicted molar refractivity (Wildman–Crippen MR) is 91.5 cm³/mol. The number of hydrogen-bond donors (Lipinski definition) is 3. The van der Waals surface area contributed by atoms with E-state index in [1.165, 1.54) is 6.08 Å². The van der Waals surface area contributed by atoms with Gasteiger partial charge in [0, 0.05) is 21.9 Å². The van der Waals surface area contributed by atoms with Crippen LogP contribution in [-0.2, 0) is 4.79 Å². The van der Waals surface area contributed by atoms with Crippen LogP contribution in [-0.4, -0.2) is 11.9 Å². The molecule has 2 aromatic rings. The minimum absolute atomic E-state index is 0.271. The third-order valence-electron chi connectivity index (χ3n) is 2.72. The second-order valence-corrected chi connectivity index (χ2v) is 5.27. The van der Waals surface area contributed by atoms with Gasteiger partial charge >= 0.3 is 6.03 Å². The number of anilines is 2. The van der Waals surface area contributed by atoms with E-state index in [2.05, 4.69) is 26.6 Å². The molecule has 22 heavy (non-hydrogen) atoms.